The van der Waals surface area contributed by atoms with Gasteiger partial charge in [0.05, 0.1) is 16.7 Å². The number of hydrogen-bond acceptors (Lipinski definition) is 6. The van der Waals surface area contributed by atoms with Crippen molar-refractivity contribution in [2.75, 3.05) is 0 Å². The average molecular weight is 491 g/mol. The van der Waals surface area contributed by atoms with Crippen LogP contribution >= 0.6 is 0 Å². The highest BCUT2D eigenvalue weighted by Gasteiger charge is 2.44. The highest BCUT2D eigenvalue weighted by atomic mass is 32.2. The van der Waals surface area contributed by atoms with Crippen LogP contribution in [0.15, 0.2) is 46.2 Å². The van der Waals surface area contributed by atoms with Gasteiger partial charge in [0.1, 0.15) is 12.2 Å². The Morgan fingerprint density at radius 3 is 2.58 bits per heavy atom. The van der Waals surface area contributed by atoms with Crippen molar-refractivity contribution in [3.63, 3.8) is 0 Å². The third-order valence-corrected chi connectivity index (χ3v) is 6.87. The van der Waals surface area contributed by atoms with Crippen molar-refractivity contribution in [3.8, 4) is 11.3 Å². The van der Waals surface area contributed by atoms with Crippen molar-refractivity contribution < 1.29 is 34.9 Å². The monoisotopic (exact) mass is 491 g/mol. The molecule has 1 saturated carbocycles. The molecule has 2 heterocycles. The van der Waals surface area contributed by atoms with Gasteiger partial charge < -0.3 is 9.09 Å². The number of benzene rings is 1. The van der Waals surface area contributed by atoms with E-state index in [1.165, 1.54) is 23.2 Å². The fraction of sp³-hybridized carbons (Fsp3) is 0.421. The van der Waals surface area contributed by atoms with Crippen LogP contribution in [0.4, 0.5) is 22.0 Å². The second-order valence-corrected chi connectivity index (χ2v) is 9.59. The number of alkyl halides is 5. The molecule has 0 amide bonds. The molecule has 1 fully saturated rings. The van der Waals surface area contributed by atoms with Gasteiger partial charge in [0.25, 0.3) is 5.92 Å². The Bertz CT molecular complexity index is 1240. The highest BCUT2D eigenvalue weighted by Crippen LogP contribution is 2.40. The molecule has 2 aromatic heterocycles. The van der Waals surface area contributed by atoms with Crippen molar-refractivity contribution in [2.45, 2.75) is 55.3 Å². The zero-order valence-electron chi connectivity index (χ0n) is 17.1. The molecule has 0 saturated heterocycles. The summed E-state index contributed by atoms with van der Waals surface area (Å²) in [4.78, 5) is -0.727. The lowest BCUT2D eigenvalue weighted by Gasteiger charge is -2.35. The fourth-order valence-electron chi connectivity index (χ4n) is 3.96. The minimum Gasteiger partial charge on any atom is -0.356 e. The molecule has 3 aromatic rings. The topological polar surface area (TPSA) is 103 Å². The van der Waals surface area contributed by atoms with Crippen LogP contribution in [0.3, 0.4) is 0 Å². The number of aryl methyl sites for hydroxylation is 1. The number of sulfonamides is 1. The van der Waals surface area contributed by atoms with Crippen molar-refractivity contribution in [3.05, 3.63) is 48.2 Å². The first-order valence-electron chi connectivity index (χ1n) is 9.74. The Labute approximate surface area is 184 Å². The molecule has 8 nitrogen and oxygen atoms in total. The normalized spacial score (nSPS) is 21.3. The zero-order chi connectivity index (χ0) is 24.0. The molecule has 2 atom stereocenters. The Hall–Kier alpha value is -2.87. The summed E-state index contributed by atoms with van der Waals surface area (Å²) >= 11 is 0. The number of halogens is 5. The molecule has 1 aliphatic rings. The van der Waals surface area contributed by atoms with Gasteiger partial charge >= 0.3 is 6.18 Å². The summed E-state index contributed by atoms with van der Waals surface area (Å²) in [6.45, 7) is 1.58. The van der Waals surface area contributed by atoms with E-state index in [0.717, 1.165) is 12.1 Å². The average Bonchev–Trinajstić information content (AvgIpc) is 3.37. The Balaban J connectivity index is 1.67. The number of nitrogens with one attached hydrogen (secondary N) is 1. The highest BCUT2D eigenvalue weighted by molar-refractivity contribution is 7.89. The van der Waals surface area contributed by atoms with Gasteiger partial charge in [-0.3, -0.25) is 0 Å². The molecule has 1 aliphatic carbocycles. The lowest BCUT2D eigenvalue weighted by molar-refractivity contribution is -0.137. The second-order valence-electron chi connectivity index (χ2n) is 7.88. The summed E-state index contributed by atoms with van der Waals surface area (Å²) in [7, 11) is -4.59. The van der Waals surface area contributed by atoms with E-state index < -0.39 is 57.5 Å². The van der Waals surface area contributed by atoms with E-state index in [0.29, 0.717) is 11.9 Å². The van der Waals surface area contributed by atoms with E-state index in [-0.39, 0.29) is 17.7 Å². The van der Waals surface area contributed by atoms with Gasteiger partial charge in [0, 0.05) is 36.6 Å². The molecule has 0 radical (unpaired) electrons. The van der Waals surface area contributed by atoms with Crippen LogP contribution in [-0.2, 0) is 16.2 Å². The van der Waals surface area contributed by atoms with E-state index in [1.807, 2.05) is 0 Å². The maximum absolute atomic E-state index is 14.4. The molecule has 0 unspecified atom stereocenters. The summed E-state index contributed by atoms with van der Waals surface area (Å²) in [5, 5.41) is 10.8. The quantitative estimate of drug-likeness (QED) is 0.542. The van der Waals surface area contributed by atoms with Crippen LogP contribution in [-0.4, -0.2) is 40.3 Å². The van der Waals surface area contributed by atoms with Gasteiger partial charge in [-0.1, -0.05) is 5.16 Å². The SMILES string of the molecule is Cc1nncn1[C@H]1C[C@@H](NS(=O)(=O)c2cc(-c3ccno3)cc(C(F)(F)F)c2)CC(F)(F)C1. The van der Waals surface area contributed by atoms with Crippen LogP contribution in [0.5, 0.6) is 0 Å². The largest absolute Gasteiger partial charge is 0.416 e. The van der Waals surface area contributed by atoms with Crippen LogP contribution < -0.4 is 4.72 Å². The molecule has 1 aromatic carbocycles. The molecule has 0 spiro atoms. The van der Waals surface area contributed by atoms with Crippen molar-refractivity contribution in [1.29, 1.82) is 0 Å². The van der Waals surface area contributed by atoms with E-state index in [4.69, 9.17) is 4.52 Å². The summed E-state index contributed by atoms with van der Waals surface area (Å²) in [5.74, 6) is -2.90. The third kappa shape index (κ3) is 5.05. The first-order valence-corrected chi connectivity index (χ1v) is 11.2. The lowest BCUT2D eigenvalue weighted by atomic mass is 9.88. The van der Waals surface area contributed by atoms with Crippen LogP contribution in [0.2, 0.25) is 0 Å². The predicted octanol–water partition coefficient (Wildman–Crippen LogP) is 3.97. The van der Waals surface area contributed by atoms with E-state index in [9.17, 15) is 30.4 Å². The Kier molecular flexibility index (Phi) is 5.76. The number of nitrogens with zero attached hydrogens (tertiary/aromatic N) is 4. The summed E-state index contributed by atoms with van der Waals surface area (Å²) in [6, 6.07) is 1.40. The van der Waals surface area contributed by atoms with Gasteiger partial charge in [0.2, 0.25) is 10.0 Å². The van der Waals surface area contributed by atoms with E-state index in [1.54, 1.807) is 6.92 Å². The predicted molar refractivity (Wildman–Crippen MR) is 104 cm³/mol. The number of aromatic nitrogens is 4. The molecule has 178 valence electrons. The van der Waals surface area contributed by atoms with Crippen LogP contribution in [0.25, 0.3) is 11.3 Å². The van der Waals surface area contributed by atoms with E-state index in [2.05, 4.69) is 20.1 Å². The molecule has 0 bridgehead atoms. The molecule has 33 heavy (non-hydrogen) atoms. The number of rotatable bonds is 5. The standard InChI is InChI=1S/C19H18F5N5O3S/c1-11-27-25-10-29(11)15-7-14(8-18(20,21)9-15)28-33(30,31)16-5-12(17-2-3-26-32-17)4-13(6-16)19(22,23)24/h2-6,10,14-15,28H,7-9H2,1H3/t14-,15+/m1/s1. The lowest BCUT2D eigenvalue weighted by Crippen LogP contribution is -2.45. The Morgan fingerprint density at radius 2 is 1.97 bits per heavy atom. The minimum absolute atomic E-state index is 0.0123. The summed E-state index contributed by atoms with van der Waals surface area (Å²) in [5.41, 5.74) is -1.40. The van der Waals surface area contributed by atoms with Gasteiger partial charge in [-0.2, -0.15) is 13.2 Å². The second kappa shape index (κ2) is 8.17. The first kappa shape index (κ1) is 23.3. The van der Waals surface area contributed by atoms with Gasteiger partial charge in [-0.25, -0.2) is 21.9 Å². The molecule has 0 aliphatic heterocycles. The molecule has 1 N–H and O–H groups in total. The minimum atomic E-state index is -4.85. The van der Waals surface area contributed by atoms with Crippen molar-refractivity contribution in [1.82, 2.24) is 24.6 Å². The summed E-state index contributed by atoms with van der Waals surface area (Å²) in [6.07, 6.45) is -3.72. The fourth-order valence-corrected chi connectivity index (χ4v) is 5.28. The maximum Gasteiger partial charge on any atom is 0.416 e. The first-order chi connectivity index (χ1) is 15.3. The van der Waals surface area contributed by atoms with Crippen molar-refractivity contribution in [2.24, 2.45) is 0 Å². The smallest absolute Gasteiger partial charge is 0.356 e. The number of hydrogen-bond donors (Lipinski definition) is 1. The van der Waals surface area contributed by atoms with Gasteiger partial charge in [-0.15, -0.1) is 10.2 Å². The van der Waals surface area contributed by atoms with Gasteiger partial charge in [0.15, 0.2) is 5.76 Å². The zero-order valence-corrected chi connectivity index (χ0v) is 17.9. The Morgan fingerprint density at radius 1 is 1.21 bits per heavy atom. The van der Waals surface area contributed by atoms with Crippen LogP contribution in [0, 0.1) is 6.92 Å². The summed E-state index contributed by atoms with van der Waals surface area (Å²) < 4.78 is 103. The van der Waals surface area contributed by atoms with E-state index >= 15 is 0 Å². The maximum atomic E-state index is 14.4. The molecular formula is C19H18F5N5O3S. The molecule has 4 rings (SSSR count). The van der Waals surface area contributed by atoms with Gasteiger partial charge in [-0.05, 0) is 31.5 Å². The molecular weight excluding hydrogens is 473 g/mol. The van der Waals surface area contributed by atoms with Crippen molar-refractivity contribution >= 4 is 10.0 Å². The molecule has 14 heteroatoms. The van der Waals surface area contributed by atoms with Crippen LogP contribution in [0.1, 0.15) is 36.7 Å². The third-order valence-electron chi connectivity index (χ3n) is 5.37.